The van der Waals surface area contributed by atoms with Gasteiger partial charge in [-0.05, 0) is 18.2 Å². The largest absolute Gasteiger partial charge is 0.360 e. The maximum atomic E-state index is 12.8. The molecule has 0 saturated heterocycles. The number of nitrogens with zero attached hydrogens (tertiary/aromatic N) is 3. The third kappa shape index (κ3) is 5.10. The predicted octanol–water partition coefficient (Wildman–Crippen LogP) is 5.12. The molecule has 0 aliphatic heterocycles. The maximum Gasteiger partial charge on any atom is 0.265 e. The topological polar surface area (TPSA) is 86.0 Å². The number of hydrogen-bond acceptors (Lipinski definition) is 6. The first-order valence-electron chi connectivity index (χ1n) is 6.61. The Labute approximate surface area is 146 Å². The Morgan fingerprint density at radius 2 is 2.00 bits per heavy atom. The van der Waals surface area contributed by atoms with E-state index in [1.807, 2.05) is 0 Å². The molecule has 1 aromatic carbocycles. The van der Waals surface area contributed by atoms with Crippen molar-refractivity contribution in [1.29, 1.82) is 5.53 Å². The van der Waals surface area contributed by atoms with Gasteiger partial charge >= 0.3 is 0 Å². The van der Waals surface area contributed by atoms with E-state index >= 15 is 0 Å². The molecule has 126 valence electrons. The summed E-state index contributed by atoms with van der Waals surface area (Å²) < 4.78 is 25.6. The Morgan fingerprint density at radius 3 is 2.62 bits per heavy atom. The Kier molecular flexibility index (Phi) is 6.39. The van der Waals surface area contributed by atoms with Crippen LogP contribution in [0.2, 0.25) is 10.0 Å². The fraction of sp³-hybridized carbons (Fsp3) is 0.143. The molecule has 2 aromatic rings. The fourth-order valence-corrected chi connectivity index (χ4v) is 1.96. The molecular formula is C14H12Cl2F2N6. The highest BCUT2D eigenvalue weighted by Crippen LogP contribution is 2.29. The van der Waals surface area contributed by atoms with Crippen LogP contribution in [0.5, 0.6) is 0 Å². The molecule has 1 aromatic heterocycles. The highest BCUT2D eigenvalue weighted by atomic mass is 35.5. The molecule has 0 fully saturated rings. The van der Waals surface area contributed by atoms with Crippen molar-refractivity contribution in [3.05, 3.63) is 58.1 Å². The molecule has 2 rings (SSSR count). The zero-order valence-corrected chi connectivity index (χ0v) is 13.6. The van der Waals surface area contributed by atoms with Gasteiger partial charge in [0.2, 0.25) is 5.95 Å². The third-order valence-corrected chi connectivity index (χ3v) is 3.37. The lowest BCUT2D eigenvalue weighted by Gasteiger charge is -2.08. The number of halogens is 4. The molecular weight excluding hydrogens is 361 g/mol. The summed E-state index contributed by atoms with van der Waals surface area (Å²) in [6.07, 6.45) is 1.59. The number of alkyl halides is 2. The second-order valence-corrected chi connectivity index (χ2v) is 5.35. The summed E-state index contributed by atoms with van der Waals surface area (Å²) in [5, 5.41) is 9.38. The zero-order chi connectivity index (χ0) is 17.5. The van der Waals surface area contributed by atoms with Crippen molar-refractivity contribution in [2.24, 2.45) is 5.11 Å². The molecule has 24 heavy (non-hydrogen) atoms. The van der Waals surface area contributed by atoms with Gasteiger partial charge in [-0.1, -0.05) is 23.2 Å². The summed E-state index contributed by atoms with van der Waals surface area (Å²) >= 11 is 11.4. The van der Waals surface area contributed by atoms with E-state index in [-0.39, 0.29) is 17.1 Å². The van der Waals surface area contributed by atoms with E-state index in [1.165, 1.54) is 30.7 Å². The van der Waals surface area contributed by atoms with Crippen molar-refractivity contribution in [2.75, 3.05) is 17.2 Å². The molecule has 0 saturated carbocycles. The molecule has 0 aliphatic rings. The second kappa shape index (κ2) is 8.51. The molecule has 0 spiro atoms. The monoisotopic (exact) mass is 372 g/mol. The summed E-state index contributed by atoms with van der Waals surface area (Å²) in [7, 11) is 0. The SMILES string of the molecule is N=N/C(=C\Nc1ccc(Cl)c(C(F)F)c1)CNc1ncc(Cl)cn1. The van der Waals surface area contributed by atoms with Gasteiger partial charge in [0.05, 0.1) is 29.7 Å². The van der Waals surface area contributed by atoms with Gasteiger partial charge in [-0.15, -0.1) is 0 Å². The Morgan fingerprint density at radius 1 is 1.29 bits per heavy atom. The summed E-state index contributed by atoms with van der Waals surface area (Å²) in [5.41, 5.74) is 7.58. The van der Waals surface area contributed by atoms with Crippen LogP contribution >= 0.6 is 23.2 Å². The Hall–Kier alpha value is -2.32. The lowest BCUT2D eigenvalue weighted by atomic mass is 10.2. The van der Waals surface area contributed by atoms with E-state index in [4.69, 9.17) is 28.7 Å². The van der Waals surface area contributed by atoms with Crippen LogP contribution in [0.3, 0.4) is 0 Å². The van der Waals surface area contributed by atoms with Gasteiger partial charge in [0.15, 0.2) is 0 Å². The standard InChI is InChI=1S/C14H12Cl2F2N6/c15-8-4-21-14(22-5-8)23-7-10(24-19)6-20-9-1-2-12(16)11(3-9)13(17)18/h1-6,13,19-20H,7H2,(H,21,22,23)/b10-6-,24-19?. The molecule has 6 nitrogen and oxygen atoms in total. The van der Waals surface area contributed by atoms with E-state index in [1.54, 1.807) is 6.07 Å². The average molecular weight is 373 g/mol. The lowest BCUT2D eigenvalue weighted by molar-refractivity contribution is 0.151. The molecule has 0 atom stereocenters. The van der Waals surface area contributed by atoms with Crippen molar-refractivity contribution in [3.8, 4) is 0 Å². The molecule has 3 N–H and O–H groups in total. The number of benzene rings is 1. The van der Waals surface area contributed by atoms with E-state index < -0.39 is 6.43 Å². The molecule has 0 unspecified atom stereocenters. The normalized spacial score (nSPS) is 11.5. The highest BCUT2D eigenvalue weighted by molar-refractivity contribution is 6.31. The van der Waals surface area contributed by atoms with E-state index in [9.17, 15) is 8.78 Å². The minimum Gasteiger partial charge on any atom is -0.360 e. The molecule has 0 aliphatic carbocycles. The first-order chi connectivity index (χ1) is 11.5. The predicted molar refractivity (Wildman–Crippen MR) is 88.8 cm³/mol. The summed E-state index contributed by atoms with van der Waals surface area (Å²) in [4.78, 5) is 7.88. The van der Waals surface area contributed by atoms with Gasteiger partial charge in [-0.2, -0.15) is 5.11 Å². The van der Waals surface area contributed by atoms with Gasteiger partial charge in [-0.3, -0.25) is 0 Å². The summed E-state index contributed by atoms with van der Waals surface area (Å²) in [6, 6.07) is 4.15. The van der Waals surface area contributed by atoms with Crippen molar-refractivity contribution in [2.45, 2.75) is 6.43 Å². The van der Waals surface area contributed by atoms with Crippen LogP contribution in [0.1, 0.15) is 12.0 Å². The number of rotatable bonds is 7. The first kappa shape index (κ1) is 18.0. The lowest BCUT2D eigenvalue weighted by Crippen LogP contribution is -2.07. The molecule has 0 bridgehead atoms. The zero-order valence-electron chi connectivity index (χ0n) is 12.1. The highest BCUT2D eigenvalue weighted by Gasteiger charge is 2.12. The molecule has 10 heteroatoms. The van der Waals surface area contributed by atoms with E-state index in [0.717, 1.165) is 0 Å². The van der Waals surface area contributed by atoms with Crippen molar-refractivity contribution >= 4 is 34.8 Å². The van der Waals surface area contributed by atoms with Crippen LogP contribution in [0.25, 0.3) is 0 Å². The summed E-state index contributed by atoms with van der Waals surface area (Å²) in [6.45, 7) is 0.160. The number of hydrogen-bond donors (Lipinski definition) is 3. The van der Waals surface area contributed by atoms with Crippen molar-refractivity contribution in [1.82, 2.24) is 9.97 Å². The second-order valence-electron chi connectivity index (χ2n) is 4.51. The summed E-state index contributed by atoms with van der Waals surface area (Å²) in [5.74, 6) is 0.320. The van der Waals surface area contributed by atoms with Gasteiger partial charge < -0.3 is 10.6 Å². The van der Waals surface area contributed by atoms with E-state index in [2.05, 4.69) is 25.7 Å². The van der Waals surface area contributed by atoms with Crippen LogP contribution in [-0.2, 0) is 0 Å². The number of anilines is 2. The maximum absolute atomic E-state index is 12.8. The van der Waals surface area contributed by atoms with Crippen LogP contribution in [0, 0.1) is 5.53 Å². The minimum atomic E-state index is -2.67. The van der Waals surface area contributed by atoms with Crippen LogP contribution in [0.4, 0.5) is 20.4 Å². The smallest absolute Gasteiger partial charge is 0.265 e. The van der Waals surface area contributed by atoms with Crippen LogP contribution < -0.4 is 10.6 Å². The number of nitrogens with one attached hydrogen (secondary N) is 3. The average Bonchev–Trinajstić information content (AvgIpc) is 2.57. The minimum absolute atomic E-state index is 0.00788. The van der Waals surface area contributed by atoms with Gasteiger partial charge in [0.1, 0.15) is 0 Å². The third-order valence-electron chi connectivity index (χ3n) is 2.83. The van der Waals surface area contributed by atoms with Crippen LogP contribution in [-0.4, -0.2) is 16.5 Å². The molecule has 0 radical (unpaired) electrons. The van der Waals surface area contributed by atoms with Crippen LogP contribution in [0.15, 0.2) is 47.6 Å². The van der Waals surface area contributed by atoms with Crippen molar-refractivity contribution in [3.63, 3.8) is 0 Å². The number of aromatic nitrogens is 2. The quantitative estimate of drug-likeness (QED) is 0.588. The Bertz CT molecular complexity index is 737. The molecule has 0 amide bonds. The van der Waals surface area contributed by atoms with E-state index in [0.29, 0.717) is 22.4 Å². The van der Waals surface area contributed by atoms with Gasteiger partial charge in [0, 0.05) is 22.5 Å². The Balaban J connectivity index is 2.01. The molecule has 1 heterocycles. The first-order valence-corrected chi connectivity index (χ1v) is 7.37. The van der Waals surface area contributed by atoms with Gasteiger partial charge in [0.25, 0.3) is 6.43 Å². The van der Waals surface area contributed by atoms with Crippen molar-refractivity contribution < 1.29 is 8.78 Å². The fourth-order valence-electron chi connectivity index (χ4n) is 1.66. The van der Waals surface area contributed by atoms with Gasteiger partial charge in [-0.25, -0.2) is 24.3 Å².